The zero-order chi connectivity index (χ0) is 19.9. The van der Waals surface area contributed by atoms with Crippen LogP contribution in [0, 0.1) is 5.92 Å². The van der Waals surface area contributed by atoms with Gasteiger partial charge in [-0.15, -0.1) is 11.3 Å². The fourth-order valence-corrected chi connectivity index (χ4v) is 5.19. The van der Waals surface area contributed by atoms with Crippen molar-refractivity contribution in [3.63, 3.8) is 0 Å². The minimum absolute atomic E-state index is 0.0549. The van der Waals surface area contributed by atoms with Gasteiger partial charge in [-0.25, -0.2) is 0 Å². The number of thiophene rings is 1. The summed E-state index contributed by atoms with van der Waals surface area (Å²) in [6, 6.07) is 4.24. The molecule has 3 atom stereocenters. The van der Waals surface area contributed by atoms with Crippen molar-refractivity contribution in [1.82, 2.24) is 9.80 Å². The second-order valence-corrected chi connectivity index (χ2v) is 10.2. The van der Waals surface area contributed by atoms with Gasteiger partial charge in [0.05, 0.1) is 4.88 Å². The third kappa shape index (κ3) is 3.92. The molecule has 3 fully saturated rings. The number of fused-ring (bicyclic) bond motifs is 3. The zero-order valence-electron chi connectivity index (χ0n) is 17.3. The Bertz CT molecular complexity index is 707. The monoisotopic (exact) mass is 392 g/mol. The molecule has 2 amide bonds. The van der Waals surface area contributed by atoms with Crippen molar-refractivity contribution < 1.29 is 14.3 Å². The Morgan fingerprint density at radius 1 is 1.11 bits per heavy atom. The van der Waals surface area contributed by atoms with Gasteiger partial charge in [0, 0.05) is 37.2 Å². The molecule has 150 valence electrons. The Hall–Kier alpha value is -1.40. The van der Waals surface area contributed by atoms with E-state index in [1.807, 2.05) is 29.7 Å². The minimum atomic E-state index is -0.403. The van der Waals surface area contributed by atoms with E-state index in [4.69, 9.17) is 4.74 Å². The SMILES string of the molecule is COC(C(=O)N1CC2CCC1CN2C(=O)c1ccc(C(C)(C)C)s1)C(C)C. The van der Waals surface area contributed by atoms with Crippen molar-refractivity contribution in [2.45, 2.75) is 71.1 Å². The van der Waals surface area contributed by atoms with Gasteiger partial charge < -0.3 is 14.5 Å². The topological polar surface area (TPSA) is 49.9 Å². The highest BCUT2D eigenvalue weighted by Crippen LogP contribution is 2.34. The fraction of sp³-hybridized carbons (Fsp3) is 0.714. The summed E-state index contributed by atoms with van der Waals surface area (Å²) in [6.07, 6.45) is 1.53. The molecule has 0 spiro atoms. The molecule has 3 aliphatic heterocycles. The molecule has 0 aliphatic carbocycles. The number of rotatable bonds is 4. The predicted octanol–water partition coefficient (Wildman–Crippen LogP) is 3.53. The summed E-state index contributed by atoms with van der Waals surface area (Å²) in [5.74, 6) is 0.326. The lowest BCUT2D eigenvalue weighted by atomic mass is 9.89. The molecule has 0 N–H and O–H groups in total. The number of nitrogens with zero attached hydrogens (tertiary/aromatic N) is 2. The first-order chi connectivity index (χ1) is 12.6. The Balaban J connectivity index is 1.73. The van der Waals surface area contributed by atoms with Crippen molar-refractivity contribution in [3.8, 4) is 0 Å². The molecule has 2 bridgehead atoms. The van der Waals surface area contributed by atoms with E-state index in [1.165, 1.54) is 4.88 Å². The molecule has 3 aliphatic rings. The highest BCUT2D eigenvalue weighted by atomic mass is 32.1. The Morgan fingerprint density at radius 2 is 1.70 bits per heavy atom. The third-order valence-corrected chi connectivity index (χ3v) is 7.23. The van der Waals surface area contributed by atoms with Crippen LogP contribution in [0.2, 0.25) is 0 Å². The van der Waals surface area contributed by atoms with Gasteiger partial charge in [0.2, 0.25) is 0 Å². The second kappa shape index (κ2) is 7.55. The molecule has 3 saturated heterocycles. The molecule has 5 nitrogen and oxygen atoms in total. The Kier molecular flexibility index (Phi) is 5.69. The average Bonchev–Trinajstić information content (AvgIpc) is 3.12. The number of hydrogen-bond donors (Lipinski definition) is 0. The van der Waals surface area contributed by atoms with E-state index in [9.17, 15) is 9.59 Å². The first kappa shape index (κ1) is 20.3. The van der Waals surface area contributed by atoms with Gasteiger partial charge in [-0.2, -0.15) is 0 Å². The second-order valence-electron chi connectivity index (χ2n) is 9.15. The van der Waals surface area contributed by atoms with Gasteiger partial charge in [0.25, 0.3) is 11.8 Å². The molecule has 4 rings (SSSR count). The largest absolute Gasteiger partial charge is 0.371 e. The van der Waals surface area contributed by atoms with E-state index in [1.54, 1.807) is 18.4 Å². The van der Waals surface area contributed by atoms with Crippen LogP contribution < -0.4 is 0 Å². The number of piperidine rings is 2. The van der Waals surface area contributed by atoms with Crippen LogP contribution in [0.4, 0.5) is 0 Å². The number of ether oxygens (including phenoxy) is 1. The first-order valence-corrected chi connectivity index (χ1v) is 10.7. The lowest BCUT2D eigenvalue weighted by molar-refractivity contribution is -0.153. The number of carbonyl (C=O) groups excluding carboxylic acids is 2. The number of carbonyl (C=O) groups is 2. The smallest absolute Gasteiger partial charge is 0.264 e. The maximum Gasteiger partial charge on any atom is 0.264 e. The molecule has 1 aromatic rings. The number of amides is 2. The van der Waals surface area contributed by atoms with Crippen LogP contribution in [0.5, 0.6) is 0 Å². The summed E-state index contributed by atoms with van der Waals surface area (Å²) in [5.41, 5.74) is 0.0549. The zero-order valence-corrected chi connectivity index (χ0v) is 18.1. The van der Waals surface area contributed by atoms with Crippen LogP contribution in [0.3, 0.4) is 0 Å². The molecular weight excluding hydrogens is 360 g/mol. The average molecular weight is 393 g/mol. The van der Waals surface area contributed by atoms with Crippen LogP contribution in [0.25, 0.3) is 0 Å². The molecule has 3 unspecified atom stereocenters. The van der Waals surface area contributed by atoms with E-state index in [2.05, 4.69) is 26.8 Å². The number of hydrogen-bond acceptors (Lipinski definition) is 4. The summed E-state index contributed by atoms with van der Waals surface area (Å²) < 4.78 is 5.44. The number of methoxy groups -OCH3 is 1. The minimum Gasteiger partial charge on any atom is -0.371 e. The highest BCUT2D eigenvalue weighted by molar-refractivity contribution is 7.14. The van der Waals surface area contributed by atoms with Gasteiger partial charge >= 0.3 is 0 Å². The summed E-state index contributed by atoms with van der Waals surface area (Å²) in [6.45, 7) is 11.8. The van der Waals surface area contributed by atoms with E-state index < -0.39 is 6.10 Å². The van der Waals surface area contributed by atoms with Crippen LogP contribution in [-0.4, -0.2) is 60.0 Å². The highest BCUT2D eigenvalue weighted by Gasteiger charge is 2.45. The van der Waals surface area contributed by atoms with Crippen LogP contribution in [0.15, 0.2) is 12.1 Å². The maximum absolute atomic E-state index is 13.1. The van der Waals surface area contributed by atoms with Crippen molar-refractivity contribution in [2.24, 2.45) is 5.92 Å². The molecule has 1 aromatic heterocycles. The summed E-state index contributed by atoms with van der Waals surface area (Å²) >= 11 is 1.60. The summed E-state index contributed by atoms with van der Waals surface area (Å²) in [4.78, 5) is 32.0. The van der Waals surface area contributed by atoms with E-state index in [-0.39, 0.29) is 35.2 Å². The molecular formula is C21H32N2O3S. The lowest BCUT2D eigenvalue weighted by Gasteiger charge is -2.52. The van der Waals surface area contributed by atoms with Crippen molar-refractivity contribution in [2.75, 3.05) is 20.2 Å². The standard InChI is InChI=1S/C21H32N2O3S/c1-13(2)18(26-6)20(25)23-12-14-7-8-15(23)11-22(14)19(24)16-9-10-17(27-16)21(3,4)5/h9-10,13-15,18H,7-8,11-12H2,1-6H3. The molecule has 6 heteroatoms. The van der Waals surface area contributed by atoms with Gasteiger partial charge in [-0.05, 0) is 36.3 Å². The Labute approximate surface area is 166 Å². The number of piperazine rings is 1. The van der Waals surface area contributed by atoms with Gasteiger partial charge in [-0.3, -0.25) is 9.59 Å². The summed E-state index contributed by atoms with van der Waals surface area (Å²) in [5, 5.41) is 0. The molecule has 4 heterocycles. The van der Waals surface area contributed by atoms with Crippen molar-refractivity contribution in [1.29, 1.82) is 0 Å². The van der Waals surface area contributed by atoms with Gasteiger partial charge in [0.1, 0.15) is 6.10 Å². The Morgan fingerprint density at radius 3 is 2.15 bits per heavy atom. The first-order valence-electron chi connectivity index (χ1n) is 9.88. The quantitative estimate of drug-likeness (QED) is 0.788. The molecule has 0 aromatic carbocycles. The van der Waals surface area contributed by atoms with Crippen molar-refractivity contribution in [3.05, 3.63) is 21.9 Å². The van der Waals surface area contributed by atoms with E-state index in [0.29, 0.717) is 13.1 Å². The molecule has 0 radical (unpaired) electrons. The third-order valence-electron chi connectivity index (χ3n) is 5.73. The van der Waals surface area contributed by atoms with E-state index >= 15 is 0 Å². The van der Waals surface area contributed by atoms with Gasteiger partial charge in [-0.1, -0.05) is 34.6 Å². The predicted molar refractivity (Wildman–Crippen MR) is 108 cm³/mol. The lowest BCUT2D eigenvalue weighted by Crippen LogP contribution is -2.66. The van der Waals surface area contributed by atoms with Crippen LogP contribution in [0.1, 0.15) is 62.0 Å². The normalized spacial score (nSPS) is 23.8. The maximum atomic E-state index is 13.1. The van der Waals surface area contributed by atoms with Crippen LogP contribution >= 0.6 is 11.3 Å². The van der Waals surface area contributed by atoms with Crippen molar-refractivity contribution >= 4 is 23.2 Å². The van der Waals surface area contributed by atoms with Crippen LogP contribution in [-0.2, 0) is 14.9 Å². The molecule has 27 heavy (non-hydrogen) atoms. The fourth-order valence-electron chi connectivity index (χ4n) is 4.17. The summed E-state index contributed by atoms with van der Waals surface area (Å²) in [7, 11) is 1.60. The van der Waals surface area contributed by atoms with E-state index in [0.717, 1.165) is 17.7 Å². The molecule has 0 saturated carbocycles. The van der Waals surface area contributed by atoms with Gasteiger partial charge in [0.15, 0.2) is 0 Å².